The van der Waals surface area contributed by atoms with Crippen molar-refractivity contribution in [2.75, 3.05) is 0 Å². The first kappa shape index (κ1) is 32.6. The molecule has 0 bridgehead atoms. The smallest absolute Gasteiger partial charge is 0.164 e. The SMILES string of the molecule is c1ccc(-c2ccc(-c3nc(-c4ccc(-c5ccccc5)cc4)nc(-c4cc(-c5ccccc5)cc(-c5ccc6c(c5)sc5ccccc56)c4)n3)cc2)cc1. The zero-order chi connectivity index (χ0) is 36.6. The van der Waals surface area contributed by atoms with Gasteiger partial charge in [-0.2, -0.15) is 0 Å². The van der Waals surface area contributed by atoms with Crippen LogP contribution in [0.2, 0.25) is 0 Å². The molecule has 4 heteroatoms. The predicted octanol–water partition coefficient (Wildman–Crippen LogP) is 13.9. The van der Waals surface area contributed by atoms with Gasteiger partial charge in [-0.25, -0.2) is 15.0 Å². The Morgan fingerprint density at radius 3 is 1.15 bits per heavy atom. The molecular weight excluding hydrogens is 687 g/mol. The van der Waals surface area contributed by atoms with E-state index in [4.69, 9.17) is 15.0 Å². The van der Waals surface area contributed by atoms with Crippen LogP contribution in [0.25, 0.3) is 98.8 Å². The van der Waals surface area contributed by atoms with Crippen LogP contribution in [0.15, 0.2) is 200 Å². The molecule has 8 aromatic carbocycles. The highest BCUT2D eigenvalue weighted by Gasteiger charge is 2.16. The van der Waals surface area contributed by atoms with Gasteiger partial charge in [-0.1, -0.05) is 170 Å². The van der Waals surface area contributed by atoms with Crippen molar-refractivity contribution in [3.8, 4) is 78.7 Å². The summed E-state index contributed by atoms with van der Waals surface area (Å²) in [4.78, 5) is 15.5. The van der Waals surface area contributed by atoms with Crippen molar-refractivity contribution in [3.63, 3.8) is 0 Å². The van der Waals surface area contributed by atoms with E-state index in [1.807, 2.05) is 23.5 Å². The third kappa shape index (κ3) is 6.50. The lowest BCUT2D eigenvalue weighted by Crippen LogP contribution is -2.00. The molecule has 0 radical (unpaired) electrons. The molecule has 2 aromatic heterocycles. The summed E-state index contributed by atoms with van der Waals surface area (Å²) < 4.78 is 2.57. The third-order valence-corrected chi connectivity index (χ3v) is 11.3. The van der Waals surface area contributed by atoms with Gasteiger partial charge in [0.05, 0.1) is 0 Å². The molecule has 0 aliphatic heterocycles. The van der Waals surface area contributed by atoms with E-state index in [2.05, 4.69) is 188 Å². The monoisotopic (exact) mass is 719 g/mol. The number of fused-ring (bicyclic) bond motifs is 3. The standard InChI is InChI=1S/C51H33N3S/c1-4-12-34(13-5-1)37-20-24-39(25-21-37)49-52-50(40-26-22-38(23-27-40)35-14-6-2-7-15-35)54-51(53-49)44-31-42(36-16-8-3-9-17-36)30-43(32-44)41-28-29-46-45-18-10-11-19-47(45)55-48(46)33-41/h1-33H. The quantitative estimate of drug-likeness (QED) is 0.165. The van der Waals surface area contributed by atoms with E-state index in [0.29, 0.717) is 17.5 Å². The zero-order valence-corrected chi connectivity index (χ0v) is 30.6. The van der Waals surface area contributed by atoms with Crippen LogP contribution >= 0.6 is 11.3 Å². The highest BCUT2D eigenvalue weighted by molar-refractivity contribution is 7.25. The minimum Gasteiger partial charge on any atom is -0.208 e. The molecule has 55 heavy (non-hydrogen) atoms. The van der Waals surface area contributed by atoms with E-state index in [1.54, 1.807) is 0 Å². The van der Waals surface area contributed by atoms with Crippen LogP contribution in [-0.2, 0) is 0 Å². The van der Waals surface area contributed by atoms with Crippen molar-refractivity contribution in [1.29, 1.82) is 0 Å². The van der Waals surface area contributed by atoms with E-state index >= 15 is 0 Å². The first-order chi connectivity index (χ1) is 27.2. The zero-order valence-electron chi connectivity index (χ0n) is 29.8. The van der Waals surface area contributed by atoms with Gasteiger partial charge >= 0.3 is 0 Å². The Morgan fingerprint density at radius 2 is 0.600 bits per heavy atom. The van der Waals surface area contributed by atoms with E-state index in [1.165, 1.54) is 31.3 Å². The van der Waals surface area contributed by atoms with Gasteiger partial charge in [0.15, 0.2) is 17.5 Å². The predicted molar refractivity (Wildman–Crippen MR) is 231 cm³/mol. The highest BCUT2D eigenvalue weighted by atomic mass is 32.1. The molecule has 0 saturated carbocycles. The molecule has 3 nitrogen and oxygen atoms in total. The van der Waals surface area contributed by atoms with Crippen molar-refractivity contribution in [1.82, 2.24) is 15.0 Å². The van der Waals surface area contributed by atoms with Crippen LogP contribution in [0, 0.1) is 0 Å². The maximum Gasteiger partial charge on any atom is 0.164 e. The molecule has 258 valence electrons. The van der Waals surface area contributed by atoms with E-state index in [0.717, 1.165) is 50.1 Å². The first-order valence-corrected chi connectivity index (χ1v) is 19.2. The van der Waals surface area contributed by atoms with Crippen LogP contribution in [0.5, 0.6) is 0 Å². The fourth-order valence-corrected chi connectivity index (χ4v) is 8.42. The Kier molecular flexibility index (Phi) is 8.36. The summed E-state index contributed by atoms with van der Waals surface area (Å²) in [5.74, 6) is 1.89. The van der Waals surface area contributed by atoms with Gasteiger partial charge in [0.25, 0.3) is 0 Å². The molecule has 0 unspecified atom stereocenters. The van der Waals surface area contributed by atoms with Gasteiger partial charge in [0.1, 0.15) is 0 Å². The van der Waals surface area contributed by atoms with Gasteiger partial charge in [-0.3, -0.25) is 0 Å². The molecule has 0 saturated heterocycles. The van der Waals surface area contributed by atoms with Crippen molar-refractivity contribution in [2.24, 2.45) is 0 Å². The fourth-order valence-electron chi connectivity index (χ4n) is 7.27. The lowest BCUT2D eigenvalue weighted by atomic mass is 9.95. The van der Waals surface area contributed by atoms with Crippen molar-refractivity contribution in [2.45, 2.75) is 0 Å². The summed E-state index contributed by atoms with van der Waals surface area (Å²) in [6.07, 6.45) is 0. The number of rotatable bonds is 7. The minimum absolute atomic E-state index is 0.626. The van der Waals surface area contributed by atoms with Crippen molar-refractivity contribution >= 4 is 31.5 Å². The third-order valence-electron chi connectivity index (χ3n) is 10.1. The Bertz CT molecular complexity index is 2840. The summed E-state index contributed by atoms with van der Waals surface area (Å²) in [7, 11) is 0. The molecule has 2 heterocycles. The maximum atomic E-state index is 5.20. The average Bonchev–Trinajstić information content (AvgIpc) is 3.65. The molecule has 0 fully saturated rings. The number of aromatic nitrogens is 3. The molecule has 0 N–H and O–H groups in total. The summed E-state index contributed by atoms with van der Waals surface area (Å²) in [5, 5.41) is 2.58. The fraction of sp³-hybridized carbons (Fsp3) is 0. The lowest BCUT2D eigenvalue weighted by molar-refractivity contribution is 1.07. The maximum absolute atomic E-state index is 5.20. The van der Waals surface area contributed by atoms with Crippen molar-refractivity contribution in [3.05, 3.63) is 200 Å². The van der Waals surface area contributed by atoms with Crippen LogP contribution in [0.4, 0.5) is 0 Å². The Morgan fingerprint density at radius 1 is 0.236 bits per heavy atom. The second-order valence-corrected chi connectivity index (χ2v) is 14.8. The van der Waals surface area contributed by atoms with Gasteiger partial charge in [0, 0.05) is 36.9 Å². The van der Waals surface area contributed by atoms with Crippen molar-refractivity contribution < 1.29 is 0 Å². The molecular formula is C51H33N3S. The van der Waals surface area contributed by atoms with Crippen LogP contribution < -0.4 is 0 Å². The molecule has 0 atom stereocenters. The van der Waals surface area contributed by atoms with E-state index < -0.39 is 0 Å². The number of benzene rings is 8. The molecule has 0 aliphatic carbocycles. The van der Waals surface area contributed by atoms with Gasteiger partial charge < -0.3 is 0 Å². The lowest BCUT2D eigenvalue weighted by Gasteiger charge is -2.13. The number of nitrogens with zero attached hydrogens (tertiary/aromatic N) is 3. The summed E-state index contributed by atoms with van der Waals surface area (Å²) in [5.41, 5.74) is 11.9. The Labute approximate surface area is 323 Å². The molecule has 0 spiro atoms. The van der Waals surface area contributed by atoms with E-state index in [9.17, 15) is 0 Å². The summed E-state index contributed by atoms with van der Waals surface area (Å²) >= 11 is 1.84. The first-order valence-electron chi connectivity index (χ1n) is 18.4. The molecule has 0 aliphatic rings. The van der Waals surface area contributed by atoms with Crippen LogP contribution in [-0.4, -0.2) is 15.0 Å². The Hall–Kier alpha value is -7.01. The Balaban J connectivity index is 1.13. The van der Waals surface area contributed by atoms with Crippen LogP contribution in [0.1, 0.15) is 0 Å². The van der Waals surface area contributed by atoms with Gasteiger partial charge in [0.2, 0.25) is 0 Å². The highest BCUT2D eigenvalue weighted by Crippen LogP contribution is 2.39. The van der Waals surface area contributed by atoms with E-state index in [-0.39, 0.29) is 0 Å². The number of thiophene rings is 1. The second kappa shape index (κ2) is 14.1. The molecule has 10 rings (SSSR count). The normalized spacial score (nSPS) is 11.3. The average molecular weight is 720 g/mol. The second-order valence-electron chi connectivity index (χ2n) is 13.7. The minimum atomic E-state index is 0.626. The van der Waals surface area contributed by atoms with Crippen LogP contribution in [0.3, 0.4) is 0 Å². The number of hydrogen-bond acceptors (Lipinski definition) is 4. The van der Waals surface area contributed by atoms with Gasteiger partial charge in [-0.05, 0) is 74.8 Å². The summed E-state index contributed by atoms with van der Waals surface area (Å²) in [6.45, 7) is 0. The summed E-state index contributed by atoms with van der Waals surface area (Å²) in [6, 6.07) is 70.5. The largest absolute Gasteiger partial charge is 0.208 e. The molecule has 0 amide bonds. The van der Waals surface area contributed by atoms with Gasteiger partial charge in [-0.15, -0.1) is 11.3 Å². The topological polar surface area (TPSA) is 38.7 Å². The number of hydrogen-bond donors (Lipinski definition) is 0. The molecule has 10 aromatic rings.